The molecule has 1 heterocycles. The van der Waals surface area contributed by atoms with E-state index >= 15 is 0 Å². The van der Waals surface area contributed by atoms with Gasteiger partial charge in [-0.3, -0.25) is 9.59 Å². The van der Waals surface area contributed by atoms with Crippen LogP contribution >= 0.6 is 0 Å². The highest BCUT2D eigenvalue weighted by Crippen LogP contribution is 2.34. The molecule has 9 nitrogen and oxygen atoms in total. The van der Waals surface area contributed by atoms with Gasteiger partial charge in [-0.1, -0.05) is 12.1 Å². The van der Waals surface area contributed by atoms with Crippen LogP contribution in [0.3, 0.4) is 0 Å². The fourth-order valence-corrected chi connectivity index (χ4v) is 2.73. The Morgan fingerprint density at radius 2 is 1.81 bits per heavy atom. The zero-order valence-corrected chi connectivity index (χ0v) is 14.2. The van der Waals surface area contributed by atoms with E-state index < -0.39 is 48.4 Å². The molecule has 26 heavy (non-hydrogen) atoms. The topological polar surface area (TPSA) is 140 Å². The molecule has 0 unspecified atom stereocenters. The lowest BCUT2D eigenvalue weighted by molar-refractivity contribution is -0.242. The van der Waals surface area contributed by atoms with Crippen LogP contribution in [0.15, 0.2) is 24.3 Å². The van der Waals surface area contributed by atoms with Gasteiger partial charge in [0, 0.05) is 13.8 Å². The molecular weight excluding hydrogens is 348 g/mol. The predicted molar refractivity (Wildman–Crippen MR) is 85.2 cm³/mol. The van der Waals surface area contributed by atoms with Crippen molar-refractivity contribution in [2.24, 2.45) is 0 Å². The minimum absolute atomic E-state index is 0.0218. The van der Waals surface area contributed by atoms with Crippen molar-refractivity contribution in [1.82, 2.24) is 0 Å². The van der Waals surface area contributed by atoms with Crippen LogP contribution < -0.4 is 0 Å². The van der Waals surface area contributed by atoms with Crippen LogP contribution in [0.25, 0.3) is 0 Å². The van der Waals surface area contributed by atoms with Gasteiger partial charge in [-0.15, -0.1) is 0 Å². The van der Waals surface area contributed by atoms with Crippen LogP contribution in [0, 0.1) is 0 Å². The van der Waals surface area contributed by atoms with Crippen molar-refractivity contribution in [2.45, 2.75) is 44.4 Å². The maximum Gasteiger partial charge on any atom is 0.335 e. The SMILES string of the molecule is CC(=O)OC[C@H]1O[C@H](c2cccc(C(=O)O)c2)[C@H](O)[C@@H](O)[C@@H]1OC(C)=O. The second-order valence-corrected chi connectivity index (χ2v) is 5.88. The Morgan fingerprint density at radius 3 is 2.38 bits per heavy atom. The minimum atomic E-state index is -1.52. The van der Waals surface area contributed by atoms with Crippen LogP contribution in [0.1, 0.15) is 35.9 Å². The third-order valence-electron chi connectivity index (χ3n) is 3.90. The third-order valence-corrected chi connectivity index (χ3v) is 3.90. The first kappa shape index (κ1) is 19.8. The van der Waals surface area contributed by atoms with E-state index in [-0.39, 0.29) is 12.2 Å². The molecule has 9 heteroatoms. The van der Waals surface area contributed by atoms with E-state index in [1.54, 1.807) is 0 Å². The molecule has 0 bridgehead atoms. The molecule has 0 aliphatic carbocycles. The van der Waals surface area contributed by atoms with Gasteiger partial charge in [0.25, 0.3) is 0 Å². The Balaban J connectivity index is 2.30. The number of benzene rings is 1. The Hall–Kier alpha value is -2.49. The second kappa shape index (κ2) is 8.26. The highest BCUT2D eigenvalue weighted by molar-refractivity contribution is 5.87. The number of aromatic carboxylic acids is 1. The number of hydrogen-bond acceptors (Lipinski definition) is 8. The third kappa shape index (κ3) is 4.57. The summed E-state index contributed by atoms with van der Waals surface area (Å²) in [6, 6.07) is 5.68. The summed E-state index contributed by atoms with van der Waals surface area (Å²) >= 11 is 0. The molecule has 3 N–H and O–H groups in total. The Morgan fingerprint density at radius 1 is 1.12 bits per heavy atom. The molecule has 142 valence electrons. The molecule has 1 fully saturated rings. The first-order valence-electron chi connectivity index (χ1n) is 7.86. The van der Waals surface area contributed by atoms with Gasteiger partial charge in [-0.25, -0.2) is 4.79 Å². The van der Waals surface area contributed by atoms with Crippen molar-refractivity contribution in [1.29, 1.82) is 0 Å². The van der Waals surface area contributed by atoms with Gasteiger partial charge in [-0.2, -0.15) is 0 Å². The average Bonchev–Trinajstić information content (AvgIpc) is 2.58. The molecule has 5 atom stereocenters. The summed E-state index contributed by atoms with van der Waals surface area (Å²) in [5.41, 5.74) is 0.289. The number of carboxylic acids is 1. The fourth-order valence-electron chi connectivity index (χ4n) is 2.73. The van der Waals surface area contributed by atoms with Crippen molar-refractivity contribution < 1.29 is 43.9 Å². The zero-order chi connectivity index (χ0) is 19.4. The lowest BCUT2D eigenvalue weighted by Crippen LogP contribution is -2.57. The van der Waals surface area contributed by atoms with Gasteiger partial charge < -0.3 is 29.5 Å². The summed E-state index contributed by atoms with van der Waals surface area (Å²) in [4.78, 5) is 33.5. The van der Waals surface area contributed by atoms with Gasteiger partial charge in [-0.05, 0) is 17.7 Å². The molecule has 0 radical (unpaired) electrons. The average molecular weight is 368 g/mol. The quantitative estimate of drug-likeness (QED) is 0.615. The Kier molecular flexibility index (Phi) is 6.30. The van der Waals surface area contributed by atoms with Gasteiger partial charge in [0.1, 0.15) is 31.0 Å². The van der Waals surface area contributed by atoms with Crippen molar-refractivity contribution in [3.63, 3.8) is 0 Å². The van der Waals surface area contributed by atoms with Crippen LogP contribution in [-0.2, 0) is 23.8 Å². The summed E-state index contributed by atoms with van der Waals surface area (Å²) < 4.78 is 15.6. The van der Waals surface area contributed by atoms with Crippen molar-refractivity contribution in [3.05, 3.63) is 35.4 Å². The summed E-state index contributed by atoms with van der Waals surface area (Å²) in [7, 11) is 0. The van der Waals surface area contributed by atoms with Gasteiger partial charge >= 0.3 is 17.9 Å². The van der Waals surface area contributed by atoms with E-state index in [0.717, 1.165) is 6.92 Å². The number of aliphatic hydroxyl groups is 2. The number of ether oxygens (including phenoxy) is 3. The summed E-state index contributed by atoms with van der Waals surface area (Å²) in [5, 5.41) is 29.8. The Bertz CT molecular complexity index is 687. The maximum atomic E-state index is 11.3. The lowest BCUT2D eigenvalue weighted by atomic mass is 9.90. The zero-order valence-electron chi connectivity index (χ0n) is 14.2. The number of rotatable bonds is 5. The second-order valence-electron chi connectivity index (χ2n) is 5.88. The van der Waals surface area contributed by atoms with E-state index in [1.807, 2.05) is 0 Å². The highest BCUT2D eigenvalue weighted by Gasteiger charge is 2.47. The smallest absolute Gasteiger partial charge is 0.335 e. The van der Waals surface area contributed by atoms with Crippen LogP contribution in [0.4, 0.5) is 0 Å². The van der Waals surface area contributed by atoms with E-state index in [4.69, 9.17) is 19.3 Å². The molecule has 0 aromatic heterocycles. The van der Waals surface area contributed by atoms with Crippen LogP contribution in [-0.4, -0.2) is 64.3 Å². The largest absolute Gasteiger partial charge is 0.478 e. The molecular formula is C17H20O9. The lowest BCUT2D eigenvalue weighted by Gasteiger charge is -2.42. The highest BCUT2D eigenvalue weighted by atomic mass is 16.6. The van der Waals surface area contributed by atoms with Gasteiger partial charge in [0.05, 0.1) is 5.56 Å². The van der Waals surface area contributed by atoms with E-state index in [1.165, 1.54) is 31.2 Å². The maximum absolute atomic E-state index is 11.3. The van der Waals surface area contributed by atoms with Crippen LogP contribution in [0.5, 0.6) is 0 Å². The molecule has 0 amide bonds. The van der Waals surface area contributed by atoms with Crippen molar-refractivity contribution >= 4 is 17.9 Å². The summed E-state index contributed by atoms with van der Waals surface area (Å²) in [5.74, 6) is -2.46. The Labute approximate surface area is 149 Å². The number of carbonyl (C=O) groups excluding carboxylic acids is 2. The van der Waals surface area contributed by atoms with E-state index in [2.05, 4.69) is 0 Å². The number of carbonyl (C=O) groups is 3. The van der Waals surface area contributed by atoms with Gasteiger partial charge in [0.15, 0.2) is 6.10 Å². The normalized spacial score (nSPS) is 28.2. The number of esters is 2. The first-order valence-corrected chi connectivity index (χ1v) is 7.86. The summed E-state index contributed by atoms with van der Waals surface area (Å²) in [6.45, 7) is 2.00. The first-order chi connectivity index (χ1) is 12.2. The summed E-state index contributed by atoms with van der Waals surface area (Å²) in [6.07, 6.45) is -6.40. The monoisotopic (exact) mass is 368 g/mol. The predicted octanol–water partition coefficient (Wildman–Crippen LogP) is 0.0413. The van der Waals surface area contributed by atoms with E-state index in [0.29, 0.717) is 5.56 Å². The number of hydrogen-bond donors (Lipinski definition) is 3. The molecule has 1 aromatic rings. The molecule has 0 saturated carbocycles. The molecule has 1 aromatic carbocycles. The molecule has 1 aliphatic heterocycles. The standard InChI is InChI=1S/C17H20O9/c1-8(18)24-7-12-16(25-9(2)19)14(21)13(20)15(26-12)10-4-3-5-11(6-10)17(22)23/h3-6,12-16,20-21H,7H2,1-2H3,(H,22,23)/t12-,13-,14-,15-,16-/m1/s1. The fraction of sp³-hybridized carbons (Fsp3) is 0.471. The molecule has 0 spiro atoms. The molecule has 2 rings (SSSR count). The minimum Gasteiger partial charge on any atom is -0.478 e. The van der Waals surface area contributed by atoms with Gasteiger partial charge in [0.2, 0.25) is 0 Å². The van der Waals surface area contributed by atoms with Crippen molar-refractivity contribution in [3.8, 4) is 0 Å². The van der Waals surface area contributed by atoms with Crippen molar-refractivity contribution in [2.75, 3.05) is 6.61 Å². The van der Waals surface area contributed by atoms with E-state index in [9.17, 15) is 24.6 Å². The number of aliphatic hydroxyl groups excluding tert-OH is 2. The molecule has 1 aliphatic rings. The van der Waals surface area contributed by atoms with Crippen LogP contribution in [0.2, 0.25) is 0 Å². The molecule has 1 saturated heterocycles. The number of carboxylic acid groups (broad SMARTS) is 1.